The van der Waals surface area contributed by atoms with Crippen molar-refractivity contribution in [2.45, 2.75) is 12.7 Å². The van der Waals surface area contributed by atoms with Crippen LogP contribution in [0.3, 0.4) is 0 Å². The van der Waals surface area contributed by atoms with E-state index in [2.05, 4.69) is 4.98 Å². The average Bonchev–Trinajstić information content (AvgIpc) is 3.11. The van der Waals surface area contributed by atoms with Crippen molar-refractivity contribution in [1.29, 1.82) is 0 Å². The Morgan fingerprint density at radius 3 is 2.58 bits per heavy atom. The molecule has 0 saturated heterocycles. The van der Waals surface area contributed by atoms with E-state index in [9.17, 15) is 32.7 Å². The van der Waals surface area contributed by atoms with Crippen LogP contribution < -0.4 is 11.2 Å². The molecule has 4 rings (SSSR count). The standard InChI is InChI=1S/C21H14ClF3N4O4/c1-27-10-26-15-6-5-12(7-16(15)27)28-9-13(19(31)32)18(30)29(20(28)33)8-11-3-2-4-14(17(11)22)21(23,24)25/h2-7,9-10H,8H2,1H3,(H,31,32). The van der Waals surface area contributed by atoms with E-state index in [4.69, 9.17) is 11.6 Å². The summed E-state index contributed by atoms with van der Waals surface area (Å²) in [6.45, 7) is -0.657. The minimum absolute atomic E-state index is 0.165. The first-order valence-electron chi connectivity index (χ1n) is 9.35. The number of nitrogens with zero attached hydrogens (tertiary/aromatic N) is 4. The van der Waals surface area contributed by atoms with Gasteiger partial charge < -0.3 is 9.67 Å². The van der Waals surface area contributed by atoms with Crippen LogP contribution in [0.1, 0.15) is 21.5 Å². The lowest BCUT2D eigenvalue weighted by atomic mass is 10.1. The highest BCUT2D eigenvalue weighted by molar-refractivity contribution is 6.32. The summed E-state index contributed by atoms with van der Waals surface area (Å²) in [5, 5.41) is 8.81. The number of carboxylic acids is 1. The fourth-order valence-corrected chi connectivity index (χ4v) is 3.72. The molecule has 0 fully saturated rings. The Balaban J connectivity index is 1.94. The number of rotatable bonds is 4. The average molecular weight is 479 g/mol. The molecule has 0 bridgehead atoms. The molecule has 12 heteroatoms. The zero-order valence-corrected chi connectivity index (χ0v) is 17.6. The Morgan fingerprint density at radius 1 is 1.18 bits per heavy atom. The largest absolute Gasteiger partial charge is 0.477 e. The first-order valence-corrected chi connectivity index (χ1v) is 9.72. The van der Waals surface area contributed by atoms with Gasteiger partial charge in [0.1, 0.15) is 5.56 Å². The quantitative estimate of drug-likeness (QED) is 0.485. The van der Waals surface area contributed by atoms with Crippen LogP contribution in [0.25, 0.3) is 16.7 Å². The van der Waals surface area contributed by atoms with Crippen LogP contribution in [-0.2, 0) is 19.8 Å². The van der Waals surface area contributed by atoms with E-state index in [1.165, 1.54) is 12.1 Å². The number of imidazole rings is 1. The molecular formula is C21H14ClF3N4O4. The van der Waals surface area contributed by atoms with Crippen LogP contribution in [-0.4, -0.2) is 29.8 Å². The second-order valence-corrected chi connectivity index (χ2v) is 7.57. The summed E-state index contributed by atoms with van der Waals surface area (Å²) >= 11 is 5.91. The van der Waals surface area contributed by atoms with E-state index in [0.29, 0.717) is 15.6 Å². The Bertz CT molecular complexity index is 1540. The molecule has 2 heterocycles. The van der Waals surface area contributed by atoms with Gasteiger partial charge in [-0.1, -0.05) is 23.7 Å². The molecule has 1 N–H and O–H groups in total. The molecule has 33 heavy (non-hydrogen) atoms. The van der Waals surface area contributed by atoms with E-state index in [1.54, 1.807) is 30.1 Å². The Labute approximate surface area is 187 Å². The summed E-state index contributed by atoms with van der Waals surface area (Å²) in [5.74, 6) is -1.60. The molecular weight excluding hydrogens is 465 g/mol. The smallest absolute Gasteiger partial charge is 0.417 e. The van der Waals surface area contributed by atoms with Crippen molar-refractivity contribution < 1.29 is 23.1 Å². The van der Waals surface area contributed by atoms with Gasteiger partial charge in [0.25, 0.3) is 5.56 Å². The van der Waals surface area contributed by atoms with Crippen molar-refractivity contribution in [3.8, 4) is 5.69 Å². The molecule has 0 aliphatic carbocycles. The van der Waals surface area contributed by atoms with Crippen LogP contribution in [0.15, 0.2) is 58.5 Å². The maximum atomic E-state index is 13.2. The number of alkyl halides is 3. The highest BCUT2D eigenvalue weighted by Gasteiger charge is 2.34. The molecule has 0 saturated carbocycles. The maximum absolute atomic E-state index is 13.2. The van der Waals surface area contributed by atoms with Gasteiger partial charge in [0.05, 0.1) is 40.2 Å². The molecule has 0 radical (unpaired) electrons. The number of carbonyl (C=O) groups is 1. The fraction of sp³-hybridized carbons (Fsp3) is 0.143. The zero-order valence-electron chi connectivity index (χ0n) is 16.8. The van der Waals surface area contributed by atoms with Gasteiger partial charge in [-0.15, -0.1) is 0 Å². The van der Waals surface area contributed by atoms with Crippen LogP contribution in [0, 0.1) is 0 Å². The van der Waals surface area contributed by atoms with Gasteiger partial charge >= 0.3 is 17.8 Å². The Kier molecular flexibility index (Phi) is 5.36. The predicted octanol–water partition coefficient (Wildman–Crippen LogP) is 3.30. The van der Waals surface area contributed by atoms with Crippen molar-refractivity contribution in [3.05, 3.63) is 91.5 Å². The first kappa shape index (κ1) is 22.3. The third kappa shape index (κ3) is 3.91. The van der Waals surface area contributed by atoms with Crippen LogP contribution in [0.4, 0.5) is 13.2 Å². The SMILES string of the molecule is Cn1cnc2ccc(-n3cc(C(=O)O)c(=O)n(Cc4cccc(C(F)(F)F)c4Cl)c3=O)cc21. The van der Waals surface area contributed by atoms with E-state index >= 15 is 0 Å². The highest BCUT2D eigenvalue weighted by atomic mass is 35.5. The number of carboxylic acid groups (broad SMARTS) is 1. The fourth-order valence-electron chi connectivity index (χ4n) is 3.43. The van der Waals surface area contributed by atoms with Gasteiger partial charge in [-0.3, -0.25) is 13.9 Å². The summed E-state index contributed by atoms with van der Waals surface area (Å²) in [6, 6.07) is 7.77. The van der Waals surface area contributed by atoms with Gasteiger partial charge in [-0.2, -0.15) is 13.2 Å². The summed E-state index contributed by atoms with van der Waals surface area (Å²) in [4.78, 5) is 41.7. The minimum Gasteiger partial charge on any atom is -0.477 e. The number of benzene rings is 2. The predicted molar refractivity (Wildman–Crippen MR) is 113 cm³/mol. The Morgan fingerprint density at radius 2 is 1.91 bits per heavy atom. The van der Waals surface area contributed by atoms with Gasteiger partial charge in [-0.05, 0) is 29.8 Å². The monoisotopic (exact) mass is 478 g/mol. The second kappa shape index (κ2) is 7.93. The van der Waals surface area contributed by atoms with Gasteiger partial charge in [0, 0.05) is 13.2 Å². The zero-order chi connectivity index (χ0) is 24.1. The first-order chi connectivity index (χ1) is 15.5. The van der Waals surface area contributed by atoms with Gasteiger partial charge in [-0.25, -0.2) is 14.6 Å². The Hall–Kier alpha value is -3.86. The van der Waals surface area contributed by atoms with Crippen LogP contribution in [0.5, 0.6) is 0 Å². The van der Waals surface area contributed by atoms with Crippen molar-refractivity contribution in [2.75, 3.05) is 0 Å². The van der Waals surface area contributed by atoms with Gasteiger partial charge in [0.15, 0.2) is 0 Å². The molecule has 2 aromatic carbocycles. The summed E-state index contributed by atoms with van der Waals surface area (Å²) in [7, 11) is 1.72. The number of hydrogen-bond acceptors (Lipinski definition) is 4. The molecule has 0 atom stereocenters. The summed E-state index contributed by atoms with van der Waals surface area (Å²) < 4.78 is 42.8. The number of aryl methyl sites for hydroxylation is 1. The molecule has 0 spiro atoms. The third-order valence-corrected chi connectivity index (χ3v) is 5.55. The number of fused-ring (bicyclic) bond motifs is 1. The number of halogens is 4. The molecule has 170 valence electrons. The van der Waals surface area contributed by atoms with Crippen molar-refractivity contribution in [3.63, 3.8) is 0 Å². The van der Waals surface area contributed by atoms with Crippen molar-refractivity contribution in [2.24, 2.45) is 7.05 Å². The van der Waals surface area contributed by atoms with Crippen LogP contribution in [0.2, 0.25) is 5.02 Å². The van der Waals surface area contributed by atoms with E-state index < -0.39 is 46.1 Å². The molecule has 2 aromatic heterocycles. The lowest BCUT2D eigenvalue weighted by molar-refractivity contribution is -0.137. The molecule has 0 aliphatic heterocycles. The lowest BCUT2D eigenvalue weighted by Crippen LogP contribution is -2.42. The summed E-state index contributed by atoms with van der Waals surface area (Å²) in [5.41, 5.74) is -2.65. The van der Waals surface area contributed by atoms with Crippen LogP contribution >= 0.6 is 11.6 Å². The third-order valence-electron chi connectivity index (χ3n) is 5.10. The molecule has 0 unspecified atom stereocenters. The summed E-state index contributed by atoms with van der Waals surface area (Å²) in [6.07, 6.45) is -2.31. The van der Waals surface area contributed by atoms with E-state index in [-0.39, 0.29) is 11.3 Å². The number of hydrogen-bond donors (Lipinski definition) is 1. The maximum Gasteiger partial charge on any atom is 0.417 e. The highest BCUT2D eigenvalue weighted by Crippen LogP contribution is 2.36. The second-order valence-electron chi connectivity index (χ2n) is 7.20. The van der Waals surface area contributed by atoms with Crippen molar-refractivity contribution >= 4 is 28.6 Å². The van der Waals surface area contributed by atoms with Crippen molar-refractivity contribution in [1.82, 2.24) is 18.7 Å². The molecule has 8 nitrogen and oxygen atoms in total. The normalized spacial score (nSPS) is 11.8. The van der Waals surface area contributed by atoms with E-state index in [1.807, 2.05) is 0 Å². The minimum atomic E-state index is -4.75. The number of aromatic nitrogens is 4. The topological polar surface area (TPSA) is 99.1 Å². The number of aromatic carboxylic acids is 1. The molecule has 0 amide bonds. The van der Waals surface area contributed by atoms with E-state index in [0.717, 1.165) is 22.9 Å². The van der Waals surface area contributed by atoms with Gasteiger partial charge in [0.2, 0.25) is 0 Å². The molecule has 0 aliphatic rings. The molecule has 4 aromatic rings. The lowest BCUT2D eigenvalue weighted by Gasteiger charge is -2.15.